The van der Waals surface area contributed by atoms with Crippen molar-refractivity contribution in [3.05, 3.63) is 30.0 Å². The molecule has 0 unspecified atom stereocenters. The zero-order valence-electron chi connectivity index (χ0n) is 13.6. The smallest absolute Gasteiger partial charge is 0.249 e. The molecule has 2 aliphatic carbocycles. The molecule has 1 saturated carbocycles. The number of allylic oxidation sites excluding steroid dienone is 2. The van der Waals surface area contributed by atoms with Gasteiger partial charge in [0, 0.05) is 19.0 Å². The Balaban J connectivity index is 1.45. The number of nitrogens with one attached hydrogen (secondary N) is 2. The second kappa shape index (κ2) is 5.14. The molecule has 3 aliphatic rings. The normalized spacial score (nSPS) is 22.2. The minimum Gasteiger partial charge on any atom is -0.316 e. The monoisotopic (exact) mass is 323 g/mol. The minimum atomic E-state index is 0.0452. The van der Waals surface area contributed by atoms with Crippen molar-refractivity contribution in [2.24, 2.45) is 11.3 Å². The van der Waals surface area contributed by atoms with Crippen LogP contribution in [0.1, 0.15) is 37.8 Å². The molecule has 2 fully saturated rings. The first kappa shape index (κ1) is 14.2. The molecule has 2 aromatic heterocycles. The van der Waals surface area contributed by atoms with Crippen molar-refractivity contribution < 1.29 is 4.79 Å². The fourth-order valence-corrected chi connectivity index (χ4v) is 3.74. The molecule has 1 saturated heterocycles. The van der Waals surface area contributed by atoms with Crippen LogP contribution >= 0.6 is 0 Å². The highest BCUT2D eigenvalue weighted by Gasteiger charge is 2.38. The molecule has 0 bridgehead atoms. The molecule has 2 N–H and O–H groups in total. The molecule has 0 radical (unpaired) electrons. The molecule has 6 nitrogen and oxygen atoms in total. The third-order valence-corrected chi connectivity index (χ3v) is 5.58. The molecule has 2 aromatic rings. The highest BCUT2D eigenvalue weighted by atomic mass is 16.2. The van der Waals surface area contributed by atoms with E-state index in [2.05, 4.69) is 32.9 Å². The average molecular weight is 323 g/mol. The molecule has 1 spiro atoms. The summed E-state index contributed by atoms with van der Waals surface area (Å²) < 4.78 is 1.87. The third kappa shape index (κ3) is 2.33. The summed E-state index contributed by atoms with van der Waals surface area (Å²) in [5.41, 5.74) is 3.70. The summed E-state index contributed by atoms with van der Waals surface area (Å²) >= 11 is 0. The van der Waals surface area contributed by atoms with Gasteiger partial charge in [-0.1, -0.05) is 12.1 Å². The maximum Gasteiger partial charge on any atom is 0.249 e. The summed E-state index contributed by atoms with van der Waals surface area (Å²) in [5.74, 6) is 0.614. The van der Waals surface area contributed by atoms with Crippen LogP contribution in [0.15, 0.2) is 24.3 Å². The van der Waals surface area contributed by atoms with Gasteiger partial charge in [0.15, 0.2) is 5.65 Å². The molecule has 1 aliphatic heterocycles. The van der Waals surface area contributed by atoms with E-state index in [0.717, 1.165) is 50.1 Å². The van der Waals surface area contributed by atoms with Crippen LogP contribution < -0.4 is 10.6 Å². The van der Waals surface area contributed by atoms with Crippen LogP contribution in [0.2, 0.25) is 0 Å². The Morgan fingerprint density at radius 3 is 2.88 bits per heavy atom. The number of anilines is 1. The third-order valence-electron chi connectivity index (χ3n) is 5.58. The van der Waals surface area contributed by atoms with E-state index in [0.29, 0.717) is 11.4 Å². The number of carbonyl (C=O) groups excluding carboxylic acids is 1. The maximum absolute atomic E-state index is 11.9. The molecular formula is C18H21N5O. The van der Waals surface area contributed by atoms with E-state index in [4.69, 9.17) is 0 Å². The van der Waals surface area contributed by atoms with Crippen molar-refractivity contribution in [2.75, 3.05) is 18.4 Å². The zero-order chi connectivity index (χ0) is 16.1. The number of amides is 1. The van der Waals surface area contributed by atoms with Gasteiger partial charge in [0.1, 0.15) is 0 Å². The highest BCUT2D eigenvalue weighted by molar-refractivity contribution is 5.92. The van der Waals surface area contributed by atoms with Gasteiger partial charge in [-0.25, -0.2) is 4.52 Å². The lowest BCUT2D eigenvalue weighted by Gasteiger charge is -2.44. The topological polar surface area (TPSA) is 71.3 Å². The van der Waals surface area contributed by atoms with Crippen molar-refractivity contribution >= 4 is 23.1 Å². The van der Waals surface area contributed by atoms with Crippen LogP contribution in [0.4, 0.5) is 5.95 Å². The summed E-state index contributed by atoms with van der Waals surface area (Å²) in [4.78, 5) is 16.4. The van der Waals surface area contributed by atoms with E-state index < -0.39 is 0 Å². The highest BCUT2D eigenvalue weighted by Crippen LogP contribution is 2.41. The first-order valence-corrected chi connectivity index (χ1v) is 8.79. The van der Waals surface area contributed by atoms with Crippen molar-refractivity contribution in [3.8, 4) is 0 Å². The molecule has 24 heavy (non-hydrogen) atoms. The van der Waals surface area contributed by atoms with Gasteiger partial charge in [-0.2, -0.15) is 4.98 Å². The molecule has 0 atom stereocenters. The lowest BCUT2D eigenvalue weighted by atomic mass is 9.70. The van der Waals surface area contributed by atoms with E-state index in [1.807, 2.05) is 16.6 Å². The standard InChI is InChI=1S/C18H21N5O/c24-16(13-4-5-13)21-17-20-15-3-1-2-14(23(15)22-17)12-6-8-18(9-7-12)10-19-11-18/h1-3,6,13,19H,4-5,7-11H2,(H,21,22,24). The Hall–Kier alpha value is -2.21. The van der Waals surface area contributed by atoms with E-state index in [9.17, 15) is 4.79 Å². The van der Waals surface area contributed by atoms with Crippen LogP contribution in [0.5, 0.6) is 0 Å². The van der Waals surface area contributed by atoms with Gasteiger partial charge < -0.3 is 5.32 Å². The number of hydrogen-bond donors (Lipinski definition) is 2. The predicted octanol–water partition coefficient (Wildman–Crippen LogP) is 2.23. The van der Waals surface area contributed by atoms with Gasteiger partial charge in [-0.05, 0) is 55.2 Å². The van der Waals surface area contributed by atoms with Crippen molar-refractivity contribution in [2.45, 2.75) is 32.1 Å². The van der Waals surface area contributed by atoms with Crippen LogP contribution in [0, 0.1) is 11.3 Å². The van der Waals surface area contributed by atoms with E-state index in [-0.39, 0.29) is 11.8 Å². The quantitative estimate of drug-likeness (QED) is 0.909. The van der Waals surface area contributed by atoms with Gasteiger partial charge in [-0.3, -0.25) is 10.1 Å². The summed E-state index contributed by atoms with van der Waals surface area (Å²) in [7, 11) is 0. The minimum absolute atomic E-state index is 0.0452. The van der Waals surface area contributed by atoms with Gasteiger partial charge in [0.2, 0.25) is 11.9 Å². The Morgan fingerprint density at radius 1 is 1.33 bits per heavy atom. The van der Waals surface area contributed by atoms with Gasteiger partial charge >= 0.3 is 0 Å². The predicted molar refractivity (Wildman–Crippen MR) is 91.5 cm³/mol. The number of hydrogen-bond acceptors (Lipinski definition) is 4. The molecule has 3 heterocycles. The summed E-state index contributed by atoms with van der Waals surface area (Å²) in [6.45, 7) is 2.28. The second-order valence-corrected chi connectivity index (χ2v) is 7.42. The Morgan fingerprint density at radius 2 is 2.21 bits per heavy atom. The fraction of sp³-hybridized carbons (Fsp3) is 0.500. The van der Waals surface area contributed by atoms with E-state index in [1.54, 1.807) is 0 Å². The first-order valence-electron chi connectivity index (χ1n) is 8.79. The number of carbonyl (C=O) groups is 1. The lowest BCUT2D eigenvalue weighted by Crippen LogP contribution is -2.53. The molecular weight excluding hydrogens is 302 g/mol. The summed E-state index contributed by atoms with van der Waals surface area (Å²) in [5, 5.41) is 10.8. The number of fused-ring (bicyclic) bond motifs is 1. The van der Waals surface area contributed by atoms with E-state index >= 15 is 0 Å². The number of rotatable bonds is 3. The van der Waals surface area contributed by atoms with Crippen LogP contribution in [0.3, 0.4) is 0 Å². The Bertz CT molecular complexity index is 844. The van der Waals surface area contributed by atoms with Gasteiger partial charge in [0.25, 0.3) is 0 Å². The largest absolute Gasteiger partial charge is 0.316 e. The Labute approximate surface area is 140 Å². The summed E-state index contributed by atoms with van der Waals surface area (Å²) in [6.07, 6.45) is 7.75. The molecule has 5 rings (SSSR count). The number of pyridine rings is 1. The lowest BCUT2D eigenvalue weighted by molar-refractivity contribution is -0.117. The van der Waals surface area contributed by atoms with Crippen LogP contribution in [-0.4, -0.2) is 33.6 Å². The first-order chi connectivity index (χ1) is 11.7. The van der Waals surface area contributed by atoms with Gasteiger partial charge in [0.05, 0.1) is 5.69 Å². The van der Waals surface area contributed by atoms with E-state index in [1.165, 1.54) is 12.0 Å². The SMILES string of the molecule is O=C(Nc1nc2cccc(C3=CCC4(CC3)CNC4)n2n1)C1CC1. The fourth-order valence-electron chi connectivity index (χ4n) is 3.74. The van der Waals surface area contributed by atoms with Crippen LogP contribution in [-0.2, 0) is 4.79 Å². The van der Waals surface area contributed by atoms with Gasteiger partial charge in [-0.15, -0.1) is 5.10 Å². The summed E-state index contributed by atoms with van der Waals surface area (Å²) in [6, 6.07) is 6.04. The maximum atomic E-state index is 11.9. The Kier molecular flexibility index (Phi) is 3.03. The van der Waals surface area contributed by atoms with Crippen molar-refractivity contribution in [1.82, 2.24) is 19.9 Å². The molecule has 1 amide bonds. The van der Waals surface area contributed by atoms with Crippen molar-refractivity contribution in [1.29, 1.82) is 0 Å². The van der Waals surface area contributed by atoms with Crippen molar-refractivity contribution in [3.63, 3.8) is 0 Å². The number of aromatic nitrogens is 3. The molecule has 124 valence electrons. The van der Waals surface area contributed by atoms with Crippen LogP contribution in [0.25, 0.3) is 11.2 Å². The second-order valence-electron chi connectivity index (χ2n) is 7.42. The average Bonchev–Trinajstić information content (AvgIpc) is 3.34. The number of nitrogens with zero attached hydrogens (tertiary/aromatic N) is 3. The molecule has 0 aromatic carbocycles. The molecule has 6 heteroatoms. The zero-order valence-corrected chi connectivity index (χ0v) is 13.6.